The molecule has 0 saturated heterocycles. The molecule has 4 aromatic rings. The van der Waals surface area contributed by atoms with Gasteiger partial charge in [0.15, 0.2) is 11.6 Å². The second-order valence-corrected chi connectivity index (χ2v) is 8.58. The molecule has 0 aliphatic carbocycles. The molecule has 2 N–H and O–H groups in total. The third-order valence-electron chi connectivity index (χ3n) is 6.22. The molecule has 0 bridgehead atoms. The van der Waals surface area contributed by atoms with Gasteiger partial charge in [0.1, 0.15) is 35.2 Å². The van der Waals surface area contributed by atoms with E-state index in [9.17, 15) is 19.8 Å². The molecule has 6 nitrogen and oxygen atoms in total. The zero-order chi connectivity index (χ0) is 25.1. The van der Waals surface area contributed by atoms with Crippen LogP contribution >= 0.6 is 0 Å². The molecule has 0 fully saturated rings. The number of Topliss-reactive ketones (excluding diaryl/α,β-unsaturated/α-hetero) is 2. The van der Waals surface area contributed by atoms with E-state index < -0.39 is 12.2 Å². The van der Waals surface area contributed by atoms with Crippen molar-refractivity contribution in [2.45, 2.75) is 25.0 Å². The van der Waals surface area contributed by atoms with Gasteiger partial charge < -0.3 is 19.7 Å². The summed E-state index contributed by atoms with van der Waals surface area (Å²) in [5.74, 6) is 1.59. The molecule has 2 unspecified atom stereocenters. The number of rotatable bonds is 2. The lowest BCUT2D eigenvalue weighted by molar-refractivity contribution is 0.0837. The Labute approximate surface area is 208 Å². The molecule has 0 radical (unpaired) electrons. The predicted molar refractivity (Wildman–Crippen MR) is 134 cm³/mol. The molecular weight excluding hydrogens is 456 g/mol. The van der Waals surface area contributed by atoms with Crippen LogP contribution in [0.25, 0.3) is 0 Å². The average molecular weight is 481 g/mol. The van der Waals surface area contributed by atoms with Crippen LogP contribution in [0.1, 0.15) is 56.9 Å². The molecule has 0 aromatic heterocycles. The van der Waals surface area contributed by atoms with E-state index in [1.54, 1.807) is 60.7 Å². The van der Waals surface area contributed by atoms with Crippen molar-refractivity contribution in [3.63, 3.8) is 0 Å². The van der Waals surface area contributed by atoms with Crippen LogP contribution in [0.3, 0.4) is 0 Å². The van der Waals surface area contributed by atoms with Crippen molar-refractivity contribution in [3.8, 4) is 23.0 Å². The molecule has 2 atom stereocenters. The van der Waals surface area contributed by atoms with Gasteiger partial charge in [0, 0.05) is 11.1 Å². The van der Waals surface area contributed by atoms with Crippen LogP contribution < -0.4 is 9.47 Å². The lowest BCUT2D eigenvalue weighted by Crippen LogP contribution is -2.20. The normalized spacial score (nSPS) is 18.0. The Morgan fingerprint density at radius 2 is 0.889 bits per heavy atom. The van der Waals surface area contributed by atoms with Crippen molar-refractivity contribution in [2.24, 2.45) is 0 Å². The third-order valence-corrected chi connectivity index (χ3v) is 6.22. The number of ether oxygens (including phenoxy) is 2. The van der Waals surface area contributed by atoms with Crippen molar-refractivity contribution in [1.82, 2.24) is 0 Å². The van der Waals surface area contributed by atoms with E-state index in [4.69, 9.17) is 9.47 Å². The van der Waals surface area contributed by atoms with Crippen LogP contribution in [0.5, 0.6) is 23.0 Å². The molecule has 0 saturated carbocycles. The summed E-state index contributed by atoms with van der Waals surface area (Å²) in [6, 6.07) is 28.3. The maximum Gasteiger partial charge on any atom is 0.170 e. The molecular formula is C30H24O6. The quantitative estimate of drug-likeness (QED) is 0.355. The van der Waals surface area contributed by atoms with Gasteiger partial charge in [0.2, 0.25) is 0 Å². The summed E-state index contributed by atoms with van der Waals surface area (Å²) in [6.45, 7) is 0. The van der Waals surface area contributed by atoms with Crippen LogP contribution in [0.2, 0.25) is 0 Å². The largest absolute Gasteiger partial charge is 0.508 e. The summed E-state index contributed by atoms with van der Waals surface area (Å²) < 4.78 is 11.6. The third kappa shape index (κ3) is 4.66. The number of aromatic hydroxyl groups is 2. The number of para-hydroxylation sites is 4. The van der Waals surface area contributed by atoms with E-state index >= 15 is 0 Å². The first-order chi connectivity index (χ1) is 17.5. The minimum Gasteiger partial charge on any atom is -0.508 e. The fourth-order valence-corrected chi connectivity index (χ4v) is 4.41. The molecule has 2 heterocycles. The van der Waals surface area contributed by atoms with E-state index in [0.29, 0.717) is 33.8 Å². The summed E-state index contributed by atoms with van der Waals surface area (Å²) >= 11 is 0. The summed E-state index contributed by atoms with van der Waals surface area (Å²) in [6.07, 6.45) is -0.300. The summed E-state index contributed by atoms with van der Waals surface area (Å²) in [5, 5.41) is 19.6. The molecule has 0 amide bonds. The minimum atomic E-state index is -0.409. The van der Waals surface area contributed by atoms with E-state index in [1.807, 2.05) is 36.4 Å². The van der Waals surface area contributed by atoms with E-state index in [-0.39, 0.29) is 35.9 Å². The summed E-state index contributed by atoms with van der Waals surface area (Å²) in [7, 11) is 0. The minimum absolute atomic E-state index is 0.0464. The molecule has 4 aromatic carbocycles. The molecule has 6 rings (SSSR count). The Morgan fingerprint density at radius 1 is 0.528 bits per heavy atom. The van der Waals surface area contributed by atoms with Crippen molar-refractivity contribution >= 4 is 11.6 Å². The molecule has 0 spiro atoms. The fraction of sp³-hybridized carbons (Fsp3) is 0.133. The molecule has 6 heteroatoms. The summed E-state index contributed by atoms with van der Waals surface area (Å²) in [4.78, 5) is 24.0. The highest BCUT2D eigenvalue weighted by Crippen LogP contribution is 2.38. The first-order valence-corrected chi connectivity index (χ1v) is 11.6. The Balaban J connectivity index is 0.000000148. The molecule has 36 heavy (non-hydrogen) atoms. The van der Waals surface area contributed by atoms with Gasteiger partial charge in [-0.05, 0) is 36.4 Å². The lowest BCUT2D eigenvalue weighted by atomic mass is 9.96. The maximum atomic E-state index is 12.0. The number of phenols is 2. The van der Waals surface area contributed by atoms with Gasteiger partial charge in [-0.1, -0.05) is 60.7 Å². The maximum absolute atomic E-state index is 12.0. The van der Waals surface area contributed by atoms with Crippen molar-refractivity contribution in [3.05, 3.63) is 119 Å². The zero-order valence-corrected chi connectivity index (χ0v) is 19.3. The Hall–Kier alpha value is -4.58. The lowest BCUT2D eigenvalue weighted by Gasteiger charge is -2.25. The van der Waals surface area contributed by atoms with Crippen LogP contribution in [0, 0.1) is 0 Å². The Bertz CT molecular complexity index is 1320. The number of benzene rings is 4. The Kier molecular flexibility index (Phi) is 6.41. The molecule has 180 valence electrons. The van der Waals surface area contributed by atoms with Crippen molar-refractivity contribution in [2.75, 3.05) is 0 Å². The van der Waals surface area contributed by atoms with Gasteiger partial charge in [-0.2, -0.15) is 0 Å². The number of carbonyl (C=O) groups excluding carboxylic acids is 2. The van der Waals surface area contributed by atoms with Crippen molar-refractivity contribution < 1.29 is 29.3 Å². The van der Waals surface area contributed by atoms with E-state index in [1.165, 1.54) is 0 Å². The van der Waals surface area contributed by atoms with Crippen LogP contribution in [-0.4, -0.2) is 21.8 Å². The van der Waals surface area contributed by atoms with Gasteiger partial charge >= 0.3 is 0 Å². The monoisotopic (exact) mass is 480 g/mol. The van der Waals surface area contributed by atoms with Gasteiger partial charge in [-0.3, -0.25) is 9.59 Å². The second kappa shape index (κ2) is 9.96. The average Bonchev–Trinajstić information content (AvgIpc) is 2.90. The van der Waals surface area contributed by atoms with Crippen LogP contribution in [-0.2, 0) is 0 Å². The highest BCUT2D eigenvalue weighted by atomic mass is 16.5. The second-order valence-electron chi connectivity index (χ2n) is 8.58. The number of hydrogen-bond donors (Lipinski definition) is 2. The topological polar surface area (TPSA) is 93.1 Å². The SMILES string of the molecule is O=C1CC(c2ccccc2O)Oc2ccccc21.O=C1CC(c2ccccc2O)Oc2ccccc21. The van der Waals surface area contributed by atoms with E-state index in [2.05, 4.69) is 0 Å². The fourth-order valence-electron chi connectivity index (χ4n) is 4.41. The Morgan fingerprint density at radius 3 is 1.31 bits per heavy atom. The predicted octanol–water partition coefficient (Wildman–Crippen LogP) is 6.20. The highest BCUT2D eigenvalue weighted by molar-refractivity contribution is 6.00. The standard InChI is InChI=1S/2C15H12O3/c2*16-12-7-3-1-5-10(12)15-9-13(17)11-6-2-4-8-14(11)18-15/h2*1-8,15-16H,9H2. The zero-order valence-electron chi connectivity index (χ0n) is 19.3. The number of ketones is 2. The first-order valence-electron chi connectivity index (χ1n) is 11.6. The van der Waals surface area contributed by atoms with Crippen LogP contribution in [0.4, 0.5) is 0 Å². The summed E-state index contributed by atoms with van der Waals surface area (Å²) in [5.41, 5.74) is 2.54. The van der Waals surface area contributed by atoms with Crippen molar-refractivity contribution in [1.29, 1.82) is 0 Å². The number of fused-ring (bicyclic) bond motifs is 2. The van der Waals surface area contributed by atoms with Gasteiger partial charge in [-0.15, -0.1) is 0 Å². The smallest absolute Gasteiger partial charge is 0.170 e. The first kappa shape index (κ1) is 23.2. The van der Waals surface area contributed by atoms with E-state index in [0.717, 1.165) is 0 Å². The van der Waals surface area contributed by atoms with Crippen LogP contribution in [0.15, 0.2) is 97.1 Å². The number of hydrogen-bond acceptors (Lipinski definition) is 6. The van der Waals surface area contributed by atoms with Gasteiger partial charge in [0.05, 0.1) is 24.0 Å². The highest BCUT2D eigenvalue weighted by Gasteiger charge is 2.29. The van der Waals surface area contributed by atoms with Gasteiger partial charge in [-0.25, -0.2) is 0 Å². The molecule has 2 aliphatic heterocycles. The van der Waals surface area contributed by atoms with Gasteiger partial charge in [0.25, 0.3) is 0 Å². The number of phenolic OH excluding ortho intramolecular Hbond substituents is 2. The molecule has 2 aliphatic rings. The number of carbonyl (C=O) groups is 2.